The molecule has 0 radical (unpaired) electrons. The van der Waals surface area contributed by atoms with Gasteiger partial charge in [-0.1, -0.05) is 26.7 Å². The third-order valence-electron chi connectivity index (χ3n) is 3.65. The van der Waals surface area contributed by atoms with Gasteiger partial charge in [0, 0.05) is 18.1 Å². The lowest BCUT2D eigenvalue weighted by molar-refractivity contribution is 0.177. The van der Waals surface area contributed by atoms with Gasteiger partial charge in [-0.15, -0.1) is 0 Å². The highest BCUT2D eigenvalue weighted by Crippen LogP contribution is 2.32. The second kappa shape index (κ2) is 5.13. The maximum Gasteiger partial charge on any atom is 0.0308 e. The van der Waals surface area contributed by atoms with Crippen molar-refractivity contribution in [2.75, 3.05) is 6.54 Å². The Morgan fingerprint density at radius 1 is 1.57 bits per heavy atom. The van der Waals surface area contributed by atoms with Crippen LogP contribution in [0.25, 0.3) is 0 Å². The minimum atomic E-state index is 0.243. The first-order chi connectivity index (χ1) is 6.62. The first-order valence-corrected chi connectivity index (χ1v) is 6.09. The second-order valence-electron chi connectivity index (χ2n) is 5.14. The molecular weight excluding hydrogens is 172 g/mol. The monoisotopic (exact) mass is 198 g/mol. The molecule has 1 rings (SSSR count). The fourth-order valence-electron chi connectivity index (χ4n) is 2.66. The predicted octanol–water partition coefficient (Wildman–Crippen LogP) is 2.28. The van der Waals surface area contributed by atoms with Crippen LogP contribution >= 0.6 is 0 Å². The first kappa shape index (κ1) is 12.0. The fraction of sp³-hybridized carbons (Fsp3) is 1.00. The molecule has 1 fully saturated rings. The standard InChI is InChI=1S/C12H26N2/c1-4-11(3)14-12(9-13)7-5-6-10(2)8-12/h10-11,14H,4-9,13H2,1-3H3. The van der Waals surface area contributed by atoms with E-state index >= 15 is 0 Å². The molecule has 0 bridgehead atoms. The number of hydrogen-bond acceptors (Lipinski definition) is 2. The zero-order chi connectivity index (χ0) is 10.6. The Balaban J connectivity index is 2.55. The van der Waals surface area contributed by atoms with E-state index in [9.17, 15) is 0 Å². The molecule has 1 saturated carbocycles. The van der Waals surface area contributed by atoms with E-state index < -0.39 is 0 Å². The summed E-state index contributed by atoms with van der Waals surface area (Å²) in [6.45, 7) is 7.63. The van der Waals surface area contributed by atoms with Gasteiger partial charge in [0.05, 0.1) is 0 Å². The Morgan fingerprint density at radius 3 is 2.79 bits per heavy atom. The largest absolute Gasteiger partial charge is 0.329 e. The molecule has 2 nitrogen and oxygen atoms in total. The lowest BCUT2D eigenvalue weighted by atomic mass is 9.76. The molecule has 84 valence electrons. The SMILES string of the molecule is CCC(C)NC1(CN)CCCC(C)C1. The summed E-state index contributed by atoms with van der Waals surface area (Å²) < 4.78 is 0. The van der Waals surface area contributed by atoms with Gasteiger partial charge in [-0.25, -0.2) is 0 Å². The van der Waals surface area contributed by atoms with Gasteiger partial charge in [0.1, 0.15) is 0 Å². The van der Waals surface area contributed by atoms with Crippen LogP contribution in [0.4, 0.5) is 0 Å². The molecule has 0 aromatic heterocycles. The van der Waals surface area contributed by atoms with Crippen molar-refractivity contribution in [2.45, 2.75) is 64.5 Å². The van der Waals surface area contributed by atoms with E-state index in [0.717, 1.165) is 12.5 Å². The number of rotatable bonds is 4. The predicted molar refractivity (Wildman–Crippen MR) is 62.3 cm³/mol. The summed E-state index contributed by atoms with van der Waals surface area (Å²) in [7, 11) is 0. The lowest BCUT2D eigenvalue weighted by Gasteiger charge is -2.42. The van der Waals surface area contributed by atoms with E-state index in [2.05, 4.69) is 26.1 Å². The summed E-state index contributed by atoms with van der Waals surface area (Å²) in [4.78, 5) is 0. The van der Waals surface area contributed by atoms with Crippen molar-refractivity contribution < 1.29 is 0 Å². The second-order valence-corrected chi connectivity index (χ2v) is 5.14. The van der Waals surface area contributed by atoms with E-state index in [4.69, 9.17) is 5.73 Å². The van der Waals surface area contributed by atoms with E-state index in [0.29, 0.717) is 6.04 Å². The Morgan fingerprint density at radius 2 is 2.29 bits per heavy atom. The van der Waals surface area contributed by atoms with Crippen LogP contribution in [0.5, 0.6) is 0 Å². The summed E-state index contributed by atoms with van der Waals surface area (Å²) >= 11 is 0. The summed E-state index contributed by atoms with van der Waals surface area (Å²) in [5, 5.41) is 3.74. The van der Waals surface area contributed by atoms with E-state index in [1.807, 2.05) is 0 Å². The minimum Gasteiger partial charge on any atom is -0.329 e. The Kier molecular flexibility index (Phi) is 4.39. The number of nitrogens with two attached hydrogens (primary N) is 1. The molecule has 0 heterocycles. The zero-order valence-corrected chi connectivity index (χ0v) is 9.97. The summed E-state index contributed by atoms with van der Waals surface area (Å²) in [6.07, 6.45) is 6.42. The van der Waals surface area contributed by atoms with Crippen molar-refractivity contribution in [3.05, 3.63) is 0 Å². The summed E-state index contributed by atoms with van der Waals surface area (Å²) in [6, 6.07) is 0.601. The summed E-state index contributed by atoms with van der Waals surface area (Å²) in [5.74, 6) is 0.837. The molecule has 14 heavy (non-hydrogen) atoms. The third kappa shape index (κ3) is 2.96. The molecule has 0 spiro atoms. The average Bonchev–Trinajstić information content (AvgIpc) is 2.17. The number of hydrogen-bond donors (Lipinski definition) is 2. The molecule has 1 aliphatic carbocycles. The van der Waals surface area contributed by atoms with Crippen molar-refractivity contribution in [1.29, 1.82) is 0 Å². The smallest absolute Gasteiger partial charge is 0.0308 e. The molecule has 3 N–H and O–H groups in total. The molecule has 0 aliphatic heterocycles. The van der Waals surface area contributed by atoms with Gasteiger partial charge in [-0.3, -0.25) is 0 Å². The van der Waals surface area contributed by atoms with Crippen LogP contribution in [0.1, 0.15) is 52.9 Å². The molecular formula is C12H26N2. The van der Waals surface area contributed by atoms with Crippen LogP contribution in [0.2, 0.25) is 0 Å². The van der Waals surface area contributed by atoms with Crippen molar-refractivity contribution in [3.63, 3.8) is 0 Å². The summed E-state index contributed by atoms with van der Waals surface area (Å²) in [5.41, 5.74) is 6.18. The molecule has 0 amide bonds. The first-order valence-electron chi connectivity index (χ1n) is 6.09. The highest BCUT2D eigenvalue weighted by molar-refractivity contribution is 4.94. The van der Waals surface area contributed by atoms with Gasteiger partial charge in [0.25, 0.3) is 0 Å². The highest BCUT2D eigenvalue weighted by Gasteiger charge is 2.33. The topological polar surface area (TPSA) is 38.0 Å². The van der Waals surface area contributed by atoms with Crippen LogP contribution in [-0.2, 0) is 0 Å². The molecule has 0 saturated heterocycles. The third-order valence-corrected chi connectivity index (χ3v) is 3.65. The van der Waals surface area contributed by atoms with Crippen LogP contribution in [0.15, 0.2) is 0 Å². The average molecular weight is 198 g/mol. The maximum atomic E-state index is 5.94. The van der Waals surface area contributed by atoms with Crippen molar-refractivity contribution >= 4 is 0 Å². The van der Waals surface area contributed by atoms with Gasteiger partial charge in [0.15, 0.2) is 0 Å². The Labute approximate surface area is 88.6 Å². The van der Waals surface area contributed by atoms with Gasteiger partial charge in [-0.05, 0) is 32.1 Å². The van der Waals surface area contributed by atoms with Gasteiger partial charge in [0.2, 0.25) is 0 Å². The maximum absolute atomic E-state index is 5.94. The molecule has 0 aromatic rings. The van der Waals surface area contributed by atoms with E-state index in [1.54, 1.807) is 0 Å². The highest BCUT2D eigenvalue weighted by atomic mass is 15.0. The van der Waals surface area contributed by atoms with Gasteiger partial charge in [-0.2, -0.15) is 0 Å². The molecule has 1 aliphatic rings. The fourth-order valence-corrected chi connectivity index (χ4v) is 2.66. The quantitative estimate of drug-likeness (QED) is 0.727. The Hall–Kier alpha value is -0.0800. The van der Waals surface area contributed by atoms with Crippen LogP contribution < -0.4 is 11.1 Å². The Bertz CT molecular complexity index is 170. The van der Waals surface area contributed by atoms with Crippen molar-refractivity contribution in [3.8, 4) is 0 Å². The van der Waals surface area contributed by atoms with E-state index in [1.165, 1.54) is 32.1 Å². The molecule has 3 atom stereocenters. The van der Waals surface area contributed by atoms with Crippen molar-refractivity contribution in [1.82, 2.24) is 5.32 Å². The minimum absolute atomic E-state index is 0.243. The van der Waals surface area contributed by atoms with Gasteiger partial charge < -0.3 is 11.1 Å². The molecule has 0 aromatic carbocycles. The van der Waals surface area contributed by atoms with E-state index in [-0.39, 0.29) is 5.54 Å². The normalized spacial score (nSPS) is 35.6. The van der Waals surface area contributed by atoms with Crippen molar-refractivity contribution in [2.24, 2.45) is 11.7 Å². The van der Waals surface area contributed by atoms with Gasteiger partial charge >= 0.3 is 0 Å². The van der Waals surface area contributed by atoms with Crippen LogP contribution in [-0.4, -0.2) is 18.1 Å². The zero-order valence-electron chi connectivity index (χ0n) is 9.97. The molecule has 3 unspecified atom stereocenters. The van der Waals surface area contributed by atoms with Crippen LogP contribution in [0, 0.1) is 5.92 Å². The number of nitrogens with one attached hydrogen (secondary N) is 1. The lowest BCUT2D eigenvalue weighted by Crippen LogP contribution is -2.56. The molecule has 2 heteroatoms. The van der Waals surface area contributed by atoms with Crippen LogP contribution in [0.3, 0.4) is 0 Å².